The van der Waals surface area contributed by atoms with Crippen molar-refractivity contribution in [2.45, 2.75) is 84.3 Å². The number of rotatable bonds is 1. The van der Waals surface area contributed by atoms with Crippen LogP contribution in [0, 0.1) is 34.5 Å². The summed E-state index contributed by atoms with van der Waals surface area (Å²) in [6, 6.07) is 0. The molecule has 0 aliphatic heterocycles. The predicted octanol–water partition coefficient (Wildman–Crippen LogP) is 3.88. The van der Waals surface area contributed by atoms with Crippen molar-refractivity contribution in [1.29, 1.82) is 0 Å². The van der Waals surface area contributed by atoms with Gasteiger partial charge in [-0.05, 0) is 81.0 Å². The fourth-order valence-corrected chi connectivity index (χ4v) is 7.60. The molecular weight excluding hydrogens is 312 g/mol. The van der Waals surface area contributed by atoms with Crippen molar-refractivity contribution in [3.8, 4) is 0 Å². The molecule has 4 aliphatic rings. The van der Waals surface area contributed by atoms with Crippen molar-refractivity contribution in [3.05, 3.63) is 11.6 Å². The van der Waals surface area contributed by atoms with Crippen LogP contribution in [0.15, 0.2) is 11.6 Å². The highest BCUT2D eigenvalue weighted by Gasteiger charge is 2.66. The third-order valence-electron chi connectivity index (χ3n) is 9.12. The summed E-state index contributed by atoms with van der Waals surface area (Å²) in [5, 5.41) is 21.5. The van der Waals surface area contributed by atoms with Gasteiger partial charge in [0.15, 0.2) is 5.78 Å². The van der Waals surface area contributed by atoms with Gasteiger partial charge in [0.1, 0.15) is 5.60 Å². The molecule has 3 fully saturated rings. The molecule has 3 saturated carbocycles. The first kappa shape index (κ1) is 17.7. The van der Waals surface area contributed by atoms with Crippen molar-refractivity contribution in [2.75, 3.05) is 0 Å². The number of fused-ring (bicyclic) bond motifs is 5. The molecule has 2 N–H and O–H groups in total. The molecule has 4 rings (SSSR count). The quantitative estimate of drug-likeness (QED) is 0.709. The van der Waals surface area contributed by atoms with Crippen molar-refractivity contribution in [2.24, 2.45) is 34.5 Å². The first-order valence-corrected chi connectivity index (χ1v) is 10.3. The van der Waals surface area contributed by atoms with E-state index in [1.165, 1.54) is 6.42 Å². The Morgan fingerprint density at radius 1 is 1.20 bits per heavy atom. The Hall–Kier alpha value is -0.670. The summed E-state index contributed by atoms with van der Waals surface area (Å²) in [7, 11) is 0. The Balaban J connectivity index is 1.74. The van der Waals surface area contributed by atoms with Gasteiger partial charge in [0, 0.05) is 5.41 Å². The number of allylic oxidation sites excluding steroid dienone is 2. The minimum atomic E-state index is -1.18. The first-order chi connectivity index (χ1) is 11.6. The van der Waals surface area contributed by atoms with E-state index in [0.717, 1.165) is 38.5 Å². The molecule has 4 aliphatic carbocycles. The maximum absolute atomic E-state index is 12.4. The van der Waals surface area contributed by atoms with Gasteiger partial charge in [-0.1, -0.05) is 32.4 Å². The second kappa shape index (κ2) is 5.42. The van der Waals surface area contributed by atoms with Crippen molar-refractivity contribution < 1.29 is 15.0 Å². The third-order valence-corrected chi connectivity index (χ3v) is 9.12. The zero-order valence-electron chi connectivity index (χ0n) is 16.2. The molecule has 0 bridgehead atoms. The lowest BCUT2D eigenvalue weighted by Gasteiger charge is -2.57. The molecule has 0 spiro atoms. The number of Topliss-reactive ketones (excluding diaryl/α,β-unsaturated/α-hetero) is 1. The summed E-state index contributed by atoms with van der Waals surface area (Å²) in [4.78, 5) is 12.4. The molecule has 0 saturated heterocycles. The molecule has 0 unspecified atom stereocenters. The van der Waals surface area contributed by atoms with Crippen LogP contribution in [0.25, 0.3) is 0 Å². The van der Waals surface area contributed by atoms with Crippen LogP contribution in [0.5, 0.6) is 0 Å². The second-order valence-corrected chi connectivity index (χ2v) is 10.1. The van der Waals surface area contributed by atoms with Gasteiger partial charge >= 0.3 is 0 Å². The first-order valence-electron chi connectivity index (χ1n) is 10.3. The standard InChI is InChI=1S/C22H34O3/c1-13-11-19-17-6-5-15-12-16(24)7-9-20(15,3)18(17)8-10-21(19,4)22(13,25)14(2)23/h8,13,15-17,19,24-25H,5-7,9-12H2,1-4H3/t13-,15-,16-,17-,19-,20+,21-,22-/m1/s1. The van der Waals surface area contributed by atoms with Crippen molar-refractivity contribution >= 4 is 5.78 Å². The number of carbonyl (C=O) groups excluding carboxylic acids is 1. The van der Waals surface area contributed by atoms with Crippen LogP contribution in [0.4, 0.5) is 0 Å². The van der Waals surface area contributed by atoms with Gasteiger partial charge in [-0.2, -0.15) is 0 Å². The van der Waals surface area contributed by atoms with E-state index in [1.807, 2.05) is 0 Å². The molecular formula is C22H34O3. The molecule has 0 amide bonds. The van der Waals surface area contributed by atoms with Gasteiger partial charge in [0.25, 0.3) is 0 Å². The molecule has 0 aromatic rings. The monoisotopic (exact) mass is 346 g/mol. The van der Waals surface area contributed by atoms with Crippen LogP contribution in [-0.4, -0.2) is 27.7 Å². The summed E-state index contributed by atoms with van der Waals surface area (Å²) >= 11 is 0. The fourth-order valence-electron chi connectivity index (χ4n) is 7.60. The maximum atomic E-state index is 12.4. The number of hydrogen-bond acceptors (Lipinski definition) is 3. The van der Waals surface area contributed by atoms with Gasteiger partial charge in [-0.25, -0.2) is 0 Å². The Kier molecular flexibility index (Phi) is 3.84. The van der Waals surface area contributed by atoms with E-state index < -0.39 is 5.60 Å². The lowest BCUT2D eigenvalue weighted by molar-refractivity contribution is -0.156. The Labute approximate surface area is 151 Å². The SMILES string of the molecule is CC(=O)[C@]1(O)[C@H](C)C[C@@H]2[C@@H]3CC[C@@H]4C[C@H](O)CC[C@]4(C)C3=CC[C@]21C. The number of aliphatic hydroxyl groups excluding tert-OH is 1. The van der Waals surface area contributed by atoms with Crippen LogP contribution >= 0.6 is 0 Å². The molecule has 0 aromatic heterocycles. The molecule has 25 heavy (non-hydrogen) atoms. The number of aliphatic hydroxyl groups is 2. The maximum Gasteiger partial charge on any atom is 0.162 e. The Morgan fingerprint density at radius 3 is 2.60 bits per heavy atom. The van der Waals surface area contributed by atoms with Gasteiger partial charge in [0.2, 0.25) is 0 Å². The summed E-state index contributed by atoms with van der Waals surface area (Å²) < 4.78 is 0. The molecule has 3 nitrogen and oxygen atoms in total. The van der Waals surface area contributed by atoms with Gasteiger partial charge in [-0.3, -0.25) is 4.79 Å². The minimum Gasteiger partial charge on any atom is -0.393 e. The second-order valence-electron chi connectivity index (χ2n) is 10.1. The predicted molar refractivity (Wildman–Crippen MR) is 97.9 cm³/mol. The molecule has 140 valence electrons. The fraction of sp³-hybridized carbons (Fsp3) is 0.864. The van der Waals surface area contributed by atoms with Gasteiger partial charge in [0.05, 0.1) is 6.10 Å². The zero-order valence-corrected chi connectivity index (χ0v) is 16.2. The van der Waals surface area contributed by atoms with Crippen LogP contribution < -0.4 is 0 Å². The summed E-state index contributed by atoms with van der Waals surface area (Å²) in [5.74, 6) is 1.48. The average Bonchev–Trinajstić information content (AvgIpc) is 2.77. The largest absolute Gasteiger partial charge is 0.393 e. The highest BCUT2D eigenvalue weighted by atomic mass is 16.3. The highest BCUT2D eigenvalue weighted by molar-refractivity contribution is 5.86. The molecule has 0 aromatic carbocycles. The summed E-state index contributed by atoms with van der Waals surface area (Å²) in [6.07, 6.45) is 9.30. The van der Waals surface area contributed by atoms with E-state index in [-0.39, 0.29) is 28.6 Å². The van der Waals surface area contributed by atoms with Crippen LogP contribution in [0.3, 0.4) is 0 Å². The zero-order chi connectivity index (χ0) is 18.2. The molecule has 0 heterocycles. The lowest BCUT2D eigenvalue weighted by atomic mass is 9.48. The topological polar surface area (TPSA) is 57.5 Å². The lowest BCUT2D eigenvalue weighted by Crippen LogP contribution is -2.56. The van der Waals surface area contributed by atoms with Crippen molar-refractivity contribution in [1.82, 2.24) is 0 Å². The molecule has 8 atom stereocenters. The average molecular weight is 347 g/mol. The van der Waals surface area contributed by atoms with E-state index >= 15 is 0 Å². The Morgan fingerprint density at radius 2 is 1.92 bits per heavy atom. The van der Waals surface area contributed by atoms with Crippen LogP contribution in [0.1, 0.15) is 72.6 Å². The van der Waals surface area contributed by atoms with Gasteiger partial charge < -0.3 is 10.2 Å². The number of ketones is 1. The van der Waals surface area contributed by atoms with Crippen molar-refractivity contribution in [3.63, 3.8) is 0 Å². The Bertz CT molecular complexity index is 625. The van der Waals surface area contributed by atoms with E-state index in [2.05, 4.69) is 26.8 Å². The highest BCUT2D eigenvalue weighted by Crippen LogP contribution is 2.67. The van der Waals surface area contributed by atoms with Crippen LogP contribution in [-0.2, 0) is 4.79 Å². The van der Waals surface area contributed by atoms with Gasteiger partial charge in [-0.15, -0.1) is 0 Å². The minimum absolute atomic E-state index is 0.0338. The van der Waals surface area contributed by atoms with E-state index in [9.17, 15) is 15.0 Å². The third kappa shape index (κ3) is 2.09. The van der Waals surface area contributed by atoms with E-state index in [4.69, 9.17) is 0 Å². The normalized spacial score (nSPS) is 55.0. The smallest absolute Gasteiger partial charge is 0.162 e. The number of hydrogen-bond donors (Lipinski definition) is 2. The molecule has 3 heteroatoms. The number of carbonyl (C=O) groups is 1. The van der Waals surface area contributed by atoms with E-state index in [0.29, 0.717) is 17.8 Å². The summed E-state index contributed by atoms with van der Waals surface area (Å²) in [5.41, 5.74) is 0.298. The molecule has 0 radical (unpaired) electrons. The van der Waals surface area contributed by atoms with Crippen LogP contribution in [0.2, 0.25) is 0 Å². The summed E-state index contributed by atoms with van der Waals surface area (Å²) in [6.45, 7) is 8.22. The van der Waals surface area contributed by atoms with E-state index in [1.54, 1.807) is 12.5 Å².